The predicted octanol–water partition coefficient (Wildman–Crippen LogP) is 0.0841. The number of nitrogens with two attached hydrogens (primary N) is 2. The largest absolute Gasteiger partial charge is 0.462 e. The van der Waals surface area contributed by atoms with Gasteiger partial charge in [-0.15, -0.1) is 10.2 Å². The van der Waals surface area contributed by atoms with Gasteiger partial charge in [0.2, 0.25) is 5.82 Å². The molecular formula is C14H20N8O5P+. The van der Waals surface area contributed by atoms with Crippen LogP contribution in [0.2, 0.25) is 0 Å². The van der Waals surface area contributed by atoms with E-state index < -0.39 is 39.6 Å². The third-order valence-electron chi connectivity index (χ3n) is 3.64. The van der Waals surface area contributed by atoms with E-state index in [1.807, 2.05) is 0 Å². The number of ether oxygens (including phenoxy) is 1. The number of aliphatic hydroxyl groups is 1. The van der Waals surface area contributed by atoms with Crippen molar-refractivity contribution in [2.24, 2.45) is 22.4 Å². The first-order valence-electron chi connectivity index (χ1n) is 7.96. The minimum Gasteiger partial charge on any atom is -0.462 e. The number of guanidine groups is 1. The van der Waals surface area contributed by atoms with Gasteiger partial charge < -0.3 is 26.4 Å². The Bertz CT molecular complexity index is 829. The lowest BCUT2D eigenvalue weighted by Crippen LogP contribution is -2.41. The zero-order valence-corrected chi connectivity index (χ0v) is 15.8. The van der Waals surface area contributed by atoms with E-state index in [9.17, 15) is 19.6 Å². The van der Waals surface area contributed by atoms with Crippen LogP contribution in [0.1, 0.15) is 24.4 Å². The number of nitrogens with zero attached hydrogens (tertiary/aromatic N) is 5. The van der Waals surface area contributed by atoms with E-state index in [0.29, 0.717) is 15.9 Å². The van der Waals surface area contributed by atoms with Crippen molar-refractivity contribution < 1.29 is 24.3 Å². The van der Waals surface area contributed by atoms with Gasteiger partial charge in [-0.05, 0) is 22.3 Å². The van der Waals surface area contributed by atoms with E-state index in [-0.39, 0.29) is 11.8 Å². The molecular weight excluding hydrogens is 391 g/mol. The fraction of sp³-hybridized carbons (Fsp3) is 0.357. The van der Waals surface area contributed by atoms with Crippen LogP contribution in [0.15, 0.2) is 29.3 Å². The zero-order chi connectivity index (χ0) is 20.7. The Morgan fingerprint density at radius 2 is 2.21 bits per heavy atom. The second kappa shape index (κ2) is 9.69. The molecule has 0 saturated carbocycles. The van der Waals surface area contributed by atoms with Crippen LogP contribution >= 0.6 is 8.61 Å². The van der Waals surface area contributed by atoms with Gasteiger partial charge in [0.05, 0.1) is 12.3 Å². The Hall–Kier alpha value is -3.15. The second-order valence-corrected chi connectivity index (χ2v) is 6.38. The number of benzene rings is 1. The van der Waals surface area contributed by atoms with Crippen molar-refractivity contribution in [1.82, 2.24) is 25.3 Å². The highest BCUT2D eigenvalue weighted by molar-refractivity contribution is 7.21. The summed E-state index contributed by atoms with van der Waals surface area (Å²) in [4.78, 5) is 15.4. The molecule has 1 heterocycles. The molecule has 14 heteroatoms. The third-order valence-corrected chi connectivity index (χ3v) is 4.28. The number of H-pyrrole nitrogens is 1. The molecule has 0 saturated heterocycles. The number of aromatic amines is 1. The maximum Gasteiger partial charge on any atom is 0.456 e. The number of aromatic nitrogens is 4. The van der Waals surface area contributed by atoms with Crippen molar-refractivity contribution in [2.75, 3.05) is 6.61 Å². The van der Waals surface area contributed by atoms with Gasteiger partial charge in [-0.1, -0.05) is 28.9 Å². The van der Waals surface area contributed by atoms with Crippen molar-refractivity contribution in [2.45, 2.75) is 19.3 Å². The molecule has 7 N–H and O–H groups in total. The standard InChI is InChI=1S/C14H19N8O5P/c1-7(6-23)12(22(28-26)14(24)25)27-10(11-18-20-21-19-11)8-3-2-4-9(5-8)17-13(15)16/h2-5,7,10,12,23H,6H2,1H3,(H,24,25)(H4,15,16,17)(H,18,19,20,21)/p+1. The molecule has 0 fully saturated rings. The Labute approximate surface area is 160 Å². The molecule has 150 valence electrons. The number of hydrogen-bond donors (Lipinski definition) is 5. The normalized spacial score (nSPS) is 14.2. The molecule has 1 aromatic heterocycles. The lowest BCUT2D eigenvalue weighted by atomic mass is 10.1. The topological polar surface area (TPSA) is 206 Å². The lowest BCUT2D eigenvalue weighted by molar-refractivity contribution is -0.0860. The van der Waals surface area contributed by atoms with Gasteiger partial charge in [0.15, 0.2) is 12.2 Å². The molecule has 0 bridgehead atoms. The molecule has 2 rings (SSSR count). The van der Waals surface area contributed by atoms with Gasteiger partial charge in [-0.25, -0.2) is 9.79 Å². The number of aliphatic hydroxyl groups excluding tert-OH is 1. The van der Waals surface area contributed by atoms with Crippen LogP contribution < -0.4 is 11.5 Å². The molecule has 1 amide bonds. The second-order valence-electron chi connectivity index (χ2n) is 5.71. The number of nitrogens with one attached hydrogen (secondary N) is 1. The fourth-order valence-corrected chi connectivity index (χ4v) is 2.85. The first kappa shape index (κ1) is 21.2. The zero-order valence-electron chi connectivity index (χ0n) is 14.8. The van der Waals surface area contributed by atoms with Gasteiger partial charge in [0.25, 0.3) is 0 Å². The summed E-state index contributed by atoms with van der Waals surface area (Å²) >= 11 is 0. The van der Waals surface area contributed by atoms with Crippen LogP contribution in [0.3, 0.4) is 0 Å². The molecule has 28 heavy (non-hydrogen) atoms. The Morgan fingerprint density at radius 3 is 2.75 bits per heavy atom. The predicted molar refractivity (Wildman–Crippen MR) is 97.9 cm³/mol. The SMILES string of the molecule is CC(CO)C(OC(c1cccc(N=C(N)N)c1)c1nn[nH]n1)N([PH+]=O)C(=O)O. The molecule has 0 radical (unpaired) electrons. The number of carbonyl (C=O) groups is 1. The minimum atomic E-state index is -1.47. The summed E-state index contributed by atoms with van der Waals surface area (Å²) in [5.74, 6) is -0.755. The Morgan fingerprint density at radius 1 is 1.46 bits per heavy atom. The Balaban J connectivity index is 2.47. The number of aliphatic imine (C=N–C) groups is 1. The van der Waals surface area contributed by atoms with Gasteiger partial charge in [-0.2, -0.15) is 5.21 Å². The van der Waals surface area contributed by atoms with Gasteiger partial charge in [0.1, 0.15) is 6.10 Å². The van der Waals surface area contributed by atoms with E-state index >= 15 is 0 Å². The van der Waals surface area contributed by atoms with E-state index in [4.69, 9.17) is 16.2 Å². The van der Waals surface area contributed by atoms with Crippen molar-refractivity contribution in [1.29, 1.82) is 0 Å². The molecule has 1 aromatic carbocycles. The monoisotopic (exact) mass is 411 g/mol. The van der Waals surface area contributed by atoms with Crippen molar-refractivity contribution in [3.05, 3.63) is 35.7 Å². The lowest BCUT2D eigenvalue weighted by Gasteiger charge is -2.27. The maximum absolute atomic E-state index is 11.4. The maximum atomic E-state index is 11.4. The van der Waals surface area contributed by atoms with E-state index in [2.05, 4.69) is 25.6 Å². The van der Waals surface area contributed by atoms with Crippen LogP contribution in [0.4, 0.5) is 10.5 Å². The molecule has 2 aromatic rings. The van der Waals surface area contributed by atoms with Crippen LogP contribution in [0.25, 0.3) is 0 Å². The van der Waals surface area contributed by atoms with Gasteiger partial charge in [-0.3, -0.25) is 0 Å². The summed E-state index contributed by atoms with van der Waals surface area (Å²) in [7, 11) is -1.35. The van der Waals surface area contributed by atoms with Crippen LogP contribution in [0, 0.1) is 5.92 Å². The number of amides is 1. The summed E-state index contributed by atoms with van der Waals surface area (Å²) in [6.45, 7) is 1.13. The summed E-state index contributed by atoms with van der Waals surface area (Å²) in [5.41, 5.74) is 11.7. The molecule has 0 spiro atoms. The quantitative estimate of drug-likeness (QED) is 0.162. The summed E-state index contributed by atoms with van der Waals surface area (Å²) in [5, 5.41) is 32.4. The molecule has 0 aliphatic heterocycles. The van der Waals surface area contributed by atoms with Crippen molar-refractivity contribution >= 4 is 26.4 Å². The number of hydrogen-bond acceptors (Lipinski definition) is 8. The highest BCUT2D eigenvalue weighted by Crippen LogP contribution is 2.31. The van der Waals surface area contributed by atoms with Gasteiger partial charge >= 0.3 is 14.7 Å². The van der Waals surface area contributed by atoms with Crippen LogP contribution in [0.5, 0.6) is 0 Å². The number of rotatable bonds is 9. The molecule has 0 aliphatic carbocycles. The highest BCUT2D eigenvalue weighted by Gasteiger charge is 2.38. The average molecular weight is 411 g/mol. The van der Waals surface area contributed by atoms with E-state index in [1.165, 1.54) is 0 Å². The molecule has 4 unspecified atom stereocenters. The van der Waals surface area contributed by atoms with Gasteiger partial charge in [0, 0.05) is 5.92 Å². The van der Waals surface area contributed by atoms with Crippen molar-refractivity contribution in [3.8, 4) is 0 Å². The first-order chi connectivity index (χ1) is 13.4. The average Bonchev–Trinajstić information content (AvgIpc) is 3.18. The Kier molecular flexibility index (Phi) is 7.32. The van der Waals surface area contributed by atoms with Crippen LogP contribution in [-0.4, -0.2) is 60.4 Å². The molecule has 0 aliphatic rings. The summed E-state index contributed by atoms with van der Waals surface area (Å²) < 4.78 is 17.9. The smallest absolute Gasteiger partial charge is 0.456 e. The minimum absolute atomic E-state index is 0.0940. The van der Waals surface area contributed by atoms with E-state index in [0.717, 1.165) is 0 Å². The first-order valence-corrected chi connectivity index (χ1v) is 8.82. The van der Waals surface area contributed by atoms with Crippen molar-refractivity contribution in [3.63, 3.8) is 0 Å². The van der Waals surface area contributed by atoms with Crippen LogP contribution in [-0.2, 0) is 9.30 Å². The van der Waals surface area contributed by atoms with E-state index in [1.54, 1.807) is 31.2 Å². The summed E-state index contributed by atoms with van der Waals surface area (Å²) in [6.07, 6.45) is -3.74. The summed E-state index contributed by atoms with van der Waals surface area (Å²) in [6, 6.07) is 6.55. The molecule has 13 nitrogen and oxygen atoms in total. The highest BCUT2D eigenvalue weighted by atomic mass is 31.1. The number of carboxylic acid groups (broad SMARTS) is 1. The number of tetrazole rings is 1. The molecule has 4 atom stereocenters. The fourth-order valence-electron chi connectivity index (χ4n) is 2.35. The third kappa shape index (κ3) is 5.19.